The molecule has 0 spiro atoms. The standard InChI is InChI=1S/C18H27N5O2/c1-11-7-13(22-17(24)25-18(2,3)4)10-23(9-11)14-6-5-12(8-19)15(20)16(14)21/h5-6,11,13H,7,9-10,20-21H2,1-4H3,(H,22,24)/t11-,13+/m0/s1. The van der Waals surface area contributed by atoms with E-state index in [1.165, 1.54) is 0 Å². The average Bonchev–Trinajstić information content (AvgIpc) is 2.47. The van der Waals surface area contributed by atoms with Gasteiger partial charge in [-0.05, 0) is 45.2 Å². The van der Waals surface area contributed by atoms with Crippen molar-refractivity contribution < 1.29 is 9.53 Å². The molecular formula is C18H27N5O2. The molecule has 1 aliphatic heterocycles. The molecule has 0 aromatic heterocycles. The molecule has 25 heavy (non-hydrogen) atoms. The van der Waals surface area contributed by atoms with Crippen LogP contribution < -0.4 is 21.7 Å². The molecule has 1 fully saturated rings. The summed E-state index contributed by atoms with van der Waals surface area (Å²) in [5, 5.41) is 12.0. The van der Waals surface area contributed by atoms with Crippen LogP contribution in [0.15, 0.2) is 12.1 Å². The van der Waals surface area contributed by atoms with E-state index in [0.29, 0.717) is 29.4 Å². The number of nitrogen functional groups attached to an aromatic ring is 2. The zero-order valence-corrected chi connectivity index (χ0v) is 15.3. The number of anilines is 3. The van der Waals surface area contributed by atoms with Crippen LogP contribution in [0.25, 0.3) is 0 Å². The van der Waals surface area contributed by atoms with Crippen molar-refractivity contribution >= 4 is 23.2 Å². The number of carbonyl (C=O) groups excluding carboxylic acids is 1. The molecule has 0 radical (unpaired) electrons. The Hall–Kier alpha value is -2.62. The zero-order valence-electron chi connectivity index (χ0n) is 15.3. The summed E-state index contributed by atoms with van der Waals surface area (Å²) in [4.78, 5) is 14.1. The fourth-order valence-electron chi connectivity index (χ4n) is 3.13. The van der Waals surface area contributed by atoms with Gasteiger partial charge in [-0.15, -0.1) is 0 Å². The van der Waals surface area contributed by atoms with E-state index >= 15 is 0 Å². The fraction of sp³-hybridized carbons (Fsp3) is 0.556. The van der Waals surface area contributed by atoms with E-state index in [2.05, 4.69) is 17.1 Å². The molecule has 7 heteroatoms. The monoisotopic (exact) mass is 345 g/mol. The summed E-state index contributed by atoms with van der Waals surface area (Å²) in [5.74, 6) is 0.366. The first-order valence-electron chi connectivity index (χ1n) is 8.43. The maximum Gasteiger partial charge on any atom is 0.407 e. The number of ether oxygens (including phenoxy) is 1. The molecule has 0 aliphatic carbocycles. The molecule has 0 bridgehead atoms. The highest BCUT2D eigenvalue weighted by Gasteiger charge is 2.29. The number of nitriles is 1. The van der Waals surface area contributed by atoms with E-state index in [9.17, 15) is 4.79 Å². The number of nitrogens with one attached hydrogen (secondary N) is 1. The minimum atomic E-state index is -0.532. The first-order chi connectivity index (χ1) is 11.6. The highest BCUT2D eigenvalue weighted by atomic mass is 16.6. The van der Waals surface area contributed by atoms with Crippen LogP contribution in [0.1, 0.15) is 39.7 Å². The SMILES string of the molecule is C[C@H]1C[C@@H](NC(=O)OC(C)(C)C)CN(c2ccc(C#N)c(N)c2N)C1. The summed E-state index contributed by atoms with van der Waals surface area (Å²) < 4.78 is 5.34. The molecule has 7 nitrogen and oxygen atoms in total. The minimum Gasteiger partial charge on any atom is -0.444 e. The second-order valence-corrected chi connectivity index (χ2v) is 7.66. The Balaban J connectivity index is 2.14. The third kappa shape index (κ3) is 4.69. The molecule has 1 amide bonds. The van der Waals surface area contributed by atoms with Crippen molar-refractivity contribution in [2.24, 2.45) is 5.92 Å². The average molecular weight is 345 g/mol. The quantitative estimate of drug-likeness (QED) is 0.709. The predicted molar refractivity (Wildman–Crippen MR) is 99.1 cm³/mol. The molecule has 0 unspecified atom stereocenters. The van der Waals surface area contributed by atoms with Crippen molar-refractivity contribution in [1.82, 2.24) is 5.32 Å². The molecule has 1 heterocycles. The van der Waals surface area contributed by atoms with Gasteiger partial charge in [-0.2, -0.15) is 5.26 Å². The Morgan fingerprint density at radius 2 is 2.00 bits per heavy atom. The third-order valence-electron chi connectivity index (χ3n) is 4.11. The lowest BCUT2D eigenvalue weighted by Gasteiger charge is -2.39. The number of piperidine rings is 1. The lowest BCUT2D eigenvalue weighted by Crippen LogP contribution is -2.51. The van der Waals surface area contributed by atoms with E-state index in [4.69, 9.17) is 21.5 Å². The van der Waals surface area contributed by atoms with Crippen LogP contribution in [0.2, 0.25) is 0 Å². The van der Waals surface area contributed by atoms with Gasteiger partial charge in [-0.3, -0.25) is 0 Å². The molecule has 2 atom stereocenters. The lowest BCUT2D eigenvalue weighted by molar-refractivity contribution is 0.0495. The number of alkyl carbamates (subject to hydrolysis) is 1. The predicted octanol–water partition coefficient (Wildman–Crippen LogP) is 2.46. The summed E-state index contributed by atoms with van der Waals surface area (Å²) in [7, 11) is 0. The number of benzene rings is 1. The summed E-state index contributed by atoms with van der Waals surface area (Å²) in [6, 6.07) is 5.48. The lowest BCUT2D eigenvalue weighted by atomic mass is 9.95. The van der Waals surface area contributed by atoms with E-state index in [1.54, 1.807) is 6.07 Å². The Morgan fingerprint density at radius 3 is 2.60 bits per heavy atom. The van der Waals surface area contributed by atoms with Crippen molar-refractivity contribution in [3.63, 3.8) is 0 Å². The van der Waals surface area contributed by atoms with Crippen LogP contribution in [-0.2, 0) is 4.74 Å². The van der Waals surface area contributed by atoms with Crippen LogP contribution in [0.5, 0.6) is 0 Å². The Morgan fingerprint density at radius 1 is 1.32 bits per heavy atom. The number of nitrogens with zero attached hydrogens (tertiary/aromatic N) is 2. The molecular weight excluding hydrogens is 318 g/mol. The van der Waals surface area contributed by atoms with Crippen LogP contribution in [0, 0.1) is 17.2 Å². The summed E-state index contributed by atoms with van der Waals surface area (Å²) in [6.45, 7) is 9.05. The second kappa shape index (κ2) is 7.09. The van der Waals surface area contributed by atoms with E-state index < -0.39 is 11.7 Å². The largest absolute Gasteiger partial charge is 0.444 e. The van der Waals surface area contributed by atoms with Gasteiger partial charge in [0.15, 0.2) is 0 Å². The van der Waals surface area contributed by atoms with Crippen molar-refractivity contribution in [3.8, 4) is 6.07 Å². The first-order valence-corrected chi connectivity index (χ1v) is 8.43. The number of amides is 1. The number of hydrogen-bond donors (Lipinski definition) is 3. The number of nitrogens with two attached hydrogens (primary N) is 2. The molecule has 2 rings (SSSR count). The smallest absolute Gasteiger partial charge is 0.407 e. The first kappa shape index (κ1) is 18.7. The minimum absolute atomic E-state index is 0.0464. The van der Waals surface area contributed by atoms with Crippen LogP contribution in [0.3, 0.4) is 0 Å². The van der Waals surface area contributed by atoms with Gasteiger partial charge in [0.25, 0.3) is 0 Å². The molecule has 1 aliphatic rings. The van der Waals surface area contributed by atoms with Gasteiger partial charge in [0, 0.05) is 19.1 Å². The highest BCUT2D eigenvalue weighted by Crippen LogP contribution is 2.33. The second-order valence-electron chi connectivity index (χ2n) is 7.66. The van der Waals surface area contributed by atoms with E-state index in [0.717, 1.165) is 18.7 Å². The van der Waals surface area contributed by atoms with Crippen molar-refractivity contribution in [1.29, 1.82) is 5.26 Å². The molecule has 136 valence electrons. The van der Waals surface area contributed by atoms with Crippen molar-refractivity contribution in [3.05, 3.63) is 17.7 Å². The van der Waals surface area contributed by atoms with Crippen molar-refractivity contribution in [2.45, 2.75) is 45.8 Å². The van der Waals surface area contributed by atoms with Gasteiger partial charge in [0.2, 0.25) is 0 Å². The van der Waals surface area contributed by atoms with E-state index in [-0.39, 0.29) is 6.04 Å². The molecule has 1 aromatic rings. The van der Waals surface area contributed by atoms with Gasteiger partial charge in [-0.25, -0.2) is 4.79 Å². The summed E-state index contributed by atoms with van der Waals surface area (Å²) in [5.41, 5.74) is 13.4. The van der Waals surface area contributed by atoms with E-state index in [1.807, 2.05) is 32.9 Å². The van der Waals surface area contributed by atoms with Gasteiger partial charge < -0.3 is 26.4 Å². The zero-order chi connectivity index (χ0) is 18.8. The Bertz CT molecular complexity index is 690. The molecule has 1 saturated heterocycles. The Labute approximate surface area is 148 Å². The maximum absolute atomic E-state index is 12.0. The van der Waals surface area contributed by atoms with Crippen LogP contribution in [-0.4, -0.2) is 30.8 Å². The van der Waals surface area contributed by atoms with Gasteiger partial charge in [0.05, 0.1) is 22.6 Å². The van der Waals surface area contributed by atoms with Gasteiger partial charge in [0.1, 0.15) is 11.7 Å². The molecule has 5 N–H and O–H groups in total. The van der Waals surface area contributed by atoms with Crippen LogP contribution in [0.4, 0.5) is 21.9 Å². The molecule has 1 aromatic carbocycles. The normalized spacial score (nSPS) is 20.7. The number of hydrogen-bond acceptors (Lipinski definition) is 6. The maximum atomic E-state index is 12.0. The molecule has 0 saturated carbocycles. The fourth-order valence-corrected chi connectivity index (χ4v) is 3.13. The van der Waals surface area contributed by atoms with Crippen LogP contribution >= 0.6 is 0 Å². The number of rotatable bonds is 2. The summed E-state index contributed by atoms with van der Waals surface area (Å²) >= 11 is 0. The van der Waals surface area contributed by atoms with Gasteiger partial charge >= 0.3 is 6.09 Å². The summed E-state index contributed by atoms with van der Waals surface area (Å²) in [6.07, 6.45) is 0.445. The topological polar surface area (TPSA) is 117 Å². The van der Waals surface area contributed by atoms with Crippen molar-refractivity contribution in [2.75, 3.05) is 29.5 Å². The third-order valence-corrected chi connectivity index (χ3v) is 4.11. The number of carbonyl (C=O) groups is 1. The highest BCUT2D eigenvalue weighted by molar-refractivity contribution is 5.83. The van der Waals surface area contributed by atoms with Gasteiger partial charge in [-0.1, -0.05) is 6.92 Å². The Kier molecular flexibility index (Phi) is 5.31.